The van der Waals surface area contributed by atoms with Gasteiger partial charge in [-0.2, -0.15) is 0 Å². The lowest BCUT2D eigenvalue weighted by Crippen LogP contribution is -2.31. The van der Waals surface area contributed by atoms with Gasteiger partial charge in [-0.25, -0.2) is 4.98 Å². The first-order chi connectivity index (χ1) is 13.3. The molecule has 4 aromatic rings. The van der Waals surface area contributed by atoms with Crippen molar-refractivity contribution in [2.24, 2.45) is 0 Å². The maximum atomic E-state index is 13.0. The van der Waals surface area contributed by atoms with E-state index >= 15 is 0 Å². The van der Waals surface area contributed by atoms with Crippen LogP contribution in [0, 0.1) is 0 Å². The monoisotopic (exact) mass is 356 g/mol. The van der Waals surface area contributed by atoms with E-state index in [0.717, 1.165) is 22.6 Å². The minimum Gasteiger partial charge on any atom is -0.348 e. The number of imidazole rings is 1. The van der Waals surface area contributed by atoms with Crippen molar-refractivity contribution in [1.29, 1.82) is 0 Å². The Bertz CT molecular complexity index is 1030. The van der Waals surface area contributed by atoms with Gasteiger partial charge in [-0.15, -0.1) is 0 Å². The topological polar surface area (TPSA) is 59.3 Å². The molecule has 134 valence electrons. The smallest absolute Gasteiger partial charge is 0.228 e. The van der Waals surface area contributed by atoms with Crippen molar-refractivity contribution in [3.05, 3.63) is 102 Å². The zero-order chi connectivity index (χ0) is 18.5. The fourth-order valence-electron chi connectivity index (χ4n) is 3.19. The molecule has 1 aromatic carbocycles. The summed E-state index contributed by atoms with van der Waals surface area (Å²) in [5, 5.41) is 3.05. The van der Waals surface area contributed by atoms with Gasteiger partial charge in [0, 0.05) is 24.5 Å². The highest BCUT2D eigenvalue weighted by Gasteiger charge is 2.21. The fraction of sp³-hybridized carbons (Fsp3) is 0.136. The maximum absolute atomic E-state index is 13.0. The third-order valence-corrected chi connectivity index (χ3v) is 4.59. The van der Waals surface area contributed by atoms with Gasteiger partial charge < -0.3 is 9.72 Å². The Balaban J connectivity index is 1.53. The van der Waals surface area contributed by atoms with Crippen molar-refractivity contribution in [2.75, 3.05) is 0 Å². The Labute approximate surface area is 157 Å². The number of nitrogens with zero attached hydrogens (tertiary/aromatic N) is 3. The Morgan fingerprint density at radius 3 is 2.59 bits per heavy atom. The number of carbonyl (C=O) groups is 1. The van der Waals surface area contributed by atoms with Crippen molar-refractivity contribution in [1.82, 2.24) is 19.7 Å². The van der Waals surface area contributed by atoms with E-state index in [1.807, 2.05) is 83.5 Å². The van der Waals surface area contributed by atoms with E-state index in [9.17, 15) is 4.79 Å². The zero-order valence-corrected chi connectivity index (χ0v) is 14.8. The average Bonchev–Trinajstić information content (AvgIpc) is 3.15. The first kappa shape index (κ1) is 17.0. The minimum absolute atomic E-state index is 0.0282. The van der Waals surface area contributed by atoms with Gasteiger partial charge in [-0.3, -0.25) is 9.78 Å². The van der Waals surface area contributed by atoms with Gasteiger partial charge in [-0.05, 0) is 29.8 Å². The van der Waals surface area contributed by atoms with Crippen LogP contribution < -0.4 is 5.32 Å². The number of hydrogen-bond donors (Lipinski definition) is 1. The number of benzene rings is 1. The molecule has 4 rings (SSSR count). The van der Waals surface area contributed by atoms with Gasteiger partial charge in [0.25, 0.3) is 0 Å². The summed E-state index contributed by atoms with van der Waals surface area (Å²) >= 11 is 0. The second-order valence-electron chi connectivity index (χ2n) is 6.38. The molecule has 0 aliphatic carbocycles. The van der Waals surface area contributed by atoms with Crippen LogP contribution in [0.2, 0.25) is 0 Å². The summed E-state index contributed by atoms with van der Waals surface area (Å²) < 4.78 is 1.98. The number of aromatic nitrogens is 3. The normalized spacial score (nSPS) is 12.0. The molecule has 1 amide bonds. The lowest BCUT2D eigenvalue weighted by atomic mass is 9.93. The lowest BCUT2D eigenvalue weighted by Gasteiger charge is -2.17. The molecule has 0 aliphatic rings. The molecule has 0 aliphatic heterocycles. The van der Waals surface area contributed by atoms with Crippen LogP contribution in [0.5, 0.6) is 0 Å². The van der Waals surface area contributed by atoms with Crippen LogP contribution in [0.1, 0.15) is 23.0 Å². The Morgan fingerprint density at radius 1 is 0.963 bits per heavy atom. The highest BCUT2D eigenvalue weighted by atomic mass is 16.1. The van der Waals surface area contributed by atoms with Gasteiger partial charge in [0.15, 0.2) is 0 Å². The molecule has 1 unspecified atom stereocenters. The molecule has 0 saturated heterocycles. The van der Waals surface area contributed by atoms with Crippen LogP contribution in [-0.2, 0) is 17.8 Å². The molecule has 5 heteroatoms. The van der Waals surface area contributed by atoms with Crippen LogP contribution >= 0.6 is 0 Å². The third kappa shape index (κ3) is 3.87. The van der Waals surface area contributed by atoms with E-state index < -0.39 is 0 Å². The van der Waals surface area contributed by atoms with Crippen LogP contribution in [0.4, 0.5) is 0 Å². The highest BCUT2D eigenvalue weighted by molar-refractivity contribution is 5.83. The SMILES string of the molecule is O=C(NCc1ncc2ccccn12)C(Cc1ccccn1)c1ccccc1. The molecule has 1 atom stereocenters. The fourth-order valence-corrected chi connectivity index (χ4v) is 3.19. The van der Waals surface area contributed by atoms with E-state index in [0.29, 0.717) is 13.0 Å². The van der Waals surface area contributed by atoms with E-state index in [4.69, 9.17) is 0 Å². The van der Waals surface area contributed by atoms with Gasteiger partial charge in [-0.1, -0.05) is 42.5 Å². The summed E-state index contributed by atoms with van der Waals surface area (Å²) in [7, 11) is 0. The molecule has 5 nitrogen and oxygen atoms in total. The number of nitrogens with one attached hydrogen (secondary N) is 1. The Kier molecular flexibility index (Phi) is 4.92. The number of amides is 1. The van der Waals surface area contributed by atoms with E-state index in [1.54, 1.807) is 6.20 Å². The molecule has 3 aromatic heterocycles. The van der Waals surface area contributed by atoms with Crippen molar-refractivity contribution in [3.8, 4) is 0 Å². The highest BCUT2D eigenvalue weighted by Crippen LogP contribution is 2.20. The van der Waals surface area contributed by atoms with Crippen LogP contribution in [-0.4, -0.2) is 20.3 Å². The molecule has 3 heterocycles. The van der Waals surface area contributed by atoms with Crippen molar-refractivity contribution < 1.29 is 4.79 Å². The lowest BCUT2D eigenvalue weighted by molar-refractivity contribution is -0.122. The summed E-state index contributed by atoms with van der Waals surface area (Å²) in [5.41, 5.74) is 2.89. The van der Waals surface area contributed by atoms with Crippen molar-refractivity contribution >= 4 is 11.4 Å². The molecule has 0 saturated carbocycles. The van der Waals surface area contributed by atoms with Gasteiger partial charge in [0.05, 0.1) is 24.2 Å². The zero-order valence-electron chi connectivity index (χ0n) is 14.8. The first-order valence-electron chi connectivity index (χ1n) is 8.95. The van der Waals surface area contributed by atoms with Crippen molar-refractivity contribution in [3.63, 3.8) is 0 Å². The number of fused-ring (bicyclic) bond motifs is 1. The minimum atomic E-state index is -0.299. The molecular weight excluding hydrogens is 336 g/mol. The number of rotatable bonds is 6. The second-order valence-corrected chi connectivity index (χ2v) is 6.38. The van der Waals surface area contributed by atoms with Crippen LogP contribution in [0.25, 0.3) is 5.52 Å². The van der Waals surface area contributed by atoms with Gasteiger partial charge >= 0.3 is 0 Å². The molecule has 0 radical (unpaired) electrons. The van der Waals surface area contributed by atoms with Gasteiger partial charge in [0.1, 0.15) is 5.82 Å². The summed E-state index contributed by atoms with van der Waals surface area (Å²) in [6.07, 6.45) is 6.07. The Hall–Kier alpha value is -3.47. The molecule has 27 heavy (non-hydrogen) atoms. The first-order valence-corrected chi connectivity index (χ1v) is 8.95. The van der Waals surface area contributed by atoms with E-state index in [2.05, 4.69) is 15.3 Å². The predicted molar refractivity (Wildman–Crippen MR) is 104 cm³/mol. The molecular formula is C22H20N4O. The van der Waals surface area contributed by atoms with Crippen LogP contribution in [0.3, 0.4) is 0 Å². The van der Waals surface area contributed by atoms with E-state index in [-0.39, 0.29) is 11.8 Å². The van der Waals surface area contributed by atoms with Gasteiger partial charge in [0.2, 0.25) is 5.91 Å². The average molecular weight is 356 g/mol. The van der Waals surface area contributed by atoms with Crippen molar-refractivity contribution in [2.45, 2.75) is 18.9 Å². The predicted octanol–water partition coefficient (Wildman–Crippen LogP) is 3.37. The quantitative estimate of drug-likeness (QED) is 0.576. The molecule has 0 fully saturated rings. The summed E-state index contributed by atoms with van der Waals surface area (Å²) in [6, 6.07) is 21.5. The summed E-state index contributed by atoms with van der Waals surface area (Å²) in [4.78, 5) is 21.8. The third-order valence-electron chi connectivity index (χ3n) is 4.59. The van der Waals surface area contributed by atoms with E-state index in [1.165, 1.54) is 0 Å². The number of hydrogen-bond acceptors (Lipinski definition) is 3. The second kappa shape index (κ2) is 7.83. The number of carbonyl (C=O) groups excluding carboxylic acids is 1. The van der Waals surface area contributed by atoms with Crippen LogP contribution in [0.15, 0.2) is 85.3 Å². The molecule has 0 spiro atoms. The summed E-state index contributed by atoms with van der Waals surface area (Å²) in [5.74, 6) is 0.482. The number of pyridine rings is 2. The largest absolute Gasteiger partial charge is 0.348 e. The maximum Gasteiger partial charge on any atom is 0.228 e. The summed E-state index contributed by atoms with van der Waals surface area (Å²) in [6.45, 7) is 0.378. The molecule has 0 bridgehead atoms. The Morgan fingerprint density at radius 2 is 1.78 bits per heavy atom. The standard InChI is InChI=1S/C22H20N4O/c27-22(25-16-21-24-15-19-11-5-7-13-26(19)21)20(17-8-2-1-3-9-17)14-18-10-4-6-12-23-18/h1-13,15,20H,14,16H2,(H,25,27). The molecule has 1 N–H and O–H groups in total.